The van der Waals surface area contributed by atoms with Crippen molar-refractivity contribution in [2.75, 3.05) is 33.3 Å². The molecule has 0 spiro atoms. The Balaban J connectivity index is 1.73. The SMILES string of the molecule is COc1cccc2c1C(=O)N(CCN1CCCCC1)C2=O. The number of methoxy groups -OCH3 is 1. The molecular formula is C16H20N2O3. The highest BCUT2D eigenvalue weighted by atomic mass is 16.5. The molecule has 3 rings (SSSR count). The molecule has 0 aliphatic carbocycles. The summed E-state index contributed by atoms with van der Waals surface area (Å²) >= 11 is 0. The fourth-order valence-electron chi connectivity index (χ4n) is 3.10. The average molecular weight is 288 g/mol. The van der Waals surface area contributed by atoms with Gasteiger partial charge in [0.1, 0.15) is 5.75 Å². The van der Waals surface area contributed by atoms with Crippen molar-refractivity contribution in [3.8, 4) is 5.75 Å². The number of nitrogens with zero attached hydrogens (tertiary/aromatic N) is 2. The number of ether oxygens (including phenoxy) is 1. The molecule has 1 aromatic rings. The van der Waals surface area contributed by atoms with Gasteiger partial charge in [-0.05, 0) is 38.1 Å². The van der Waals surface area contributed by atoms with Crippen molar-refractivity contribution in [3.63, 3.8) is 0 Å². The van der Waals surface area contributed by atoms with Crippen LogP contribution in [0.5, 0.6) is 5.75 Å². The van der Waals surface area contributed by atoms with Gasteiger partial charge in [0, 0.05) is 13.1 Å². The van der Waals surface area contributed by atoms with Gasteiger partial charge in [-0.2, -0.15) is 0 Å². The molecule has 0 N–H and O–H groups in total. The fraction of sp³-hybridized carbons (Fsp3) is 0.500. The summed E-state index contributed by atoms with van der Waals surface area (Å²) in [6.07, 6.45) is 3.69. The standard InChI is InChI=1S/C16H20N2O3/c1-21-13-7-5-6-12-14(13)16(20)18(15(12)19)11-10-17-8-3-2-4-9-17/h5-7H,2-4,8-11H2,1H3. The first-order chi connectivity index (χ1) is 10.2. The lowest BCUT2D eigenvalue weighted by molar-refractivity contribution is 0.0631. The Labute approximate surface area is 124 Å². The maximum Gasteiger partial charge on any atom is 0.265 e. The molecule has 21 heavy (non-hydrogen) atoms. The van der Waals surface area contributed by atoms with Crippen LogP contribution in [0.1, 0.15) is 40.0 Å². The van der Waals surface area contributed by atoms with E-state index in [2.05, 4.69) is 4.90 Å². The van der Waals surface area contributed by atoms with E-state index in [1.54, 1.807) is 18.2 Å². The molecule has 0 atom stereocenters. The van der Waals surface area contributed by atoms with E-state index in [1.807, 2.05) is 0 Å². The summed E-state index contributed by atoms with van der Waals surface area (Å²) in [5.41, 5.74) is 0.863. The Bertz CT molecular complexity index is 565. The number of carbonyl (C=O) groups is 2. The number of likely N-dealkylation sites (tertiary alicyclic amines) is 1. The largest absolute Gasteiger partial charge is 0.496 e. The summed E-state index contributed by atoms with van der Waals surface area (Å²) < 4.78 is 5.21. The Hall–Kier alpha value is -1.88. The Morgan fingerprint density at radius 2 is 1.81 bits per heavy atom. The zero-order valence-corrected chi connectivity index (χ0v) is 12.3. The smallest absolute Gasteiger partial charge is 0.265 e. The monoisotopic (exact) mass is 288 g/mol. The number of hydrogen-bond donors (Lipinski definition) is 0. The maximum absolute atomic E-state index is 12.5. The number of amides is 2. The molecule has 0 bridgehead atoms. The molecule has 0 unspecified atom stereocenters. The molecule has 1 fully saturated rings. The van der Waals surface area contributed by atoms with E-state index < -0.39 is 0 Å². The predicted octanol–water partition coefficient (Wildman–Crippen LogP) is 1.78. The van der Waals surface area contributed by atoms with E-state index in [4.69, 9.17) is 4.74 Å². The second kappa shape index (κ2) is 5.85. The quantitative estimate of drug-likeness (QED) is 0.792. The lowest BCUT2D eigenvalue weighted by Gasteiger charge is -2.27. The normalized spacial score (nSPS) is 19.0. The highest BCUT2D eigenvalue weighted by Gasteiger charge is 2.37. The average Bonchev–Trinajstić information content (AvgIpc) is 2.78. The summed E-state index contributed by atoms with van der Waals surface area (Å²) in [5.74, 6) is 0.0432. The van der Waals surface area contributed by atoms with Crippen molar-refractivity contribution in [2.45, 2.75) is 19.3 Å². The van der Waals surface area contributed by atoms with E-state index in [-0.39, 0.29) is 11.8 Å². The van der Waals surface area contributed by atoms with Crippen molar-refractivity contribution in [2.24, 2.45) is 0 Å². The number of benzene rings is 1. The van der Waals surface area contributed by atoms with Gasteiger partial charge in [-0.25, -0.2) is 0 Å². The molecule has 112 valence electrons. The van der Waals surface area contributed by atoms with E-state index in [0.717, 1.165) is 19.6 Å². The van der Waals surface area contributed by atoms with Crippen LogP contribution in [0, 0.1) is 0 Å². The molecule has 1 aromatic carbocycles. The molecule has 2 aliphatic heterocycles. The number of fused-ring (bicyclic) bond motifs is 1. The number of imide groups is 1. The lowest BCUT2D eigenvalue weighted by atomic mass is 10.1. The van der Waals surface area contributed by atoms with Crippen molar-refractivity contribution < 1.29 is 14.3 Å². The topological polar surface area (TPSA) is 49.9 Å². The number of piperidine rings is 1. The van der Waals surface area contributed by atoms with Gasteiger partial charge < -0.3 is 9.64 Å². The molecular weight excluding hydrogens is 268 g/mol. The zero-order valence-electron chi connectivity index (χ0n) is 12.3. The van der Waals surface area contributed by atoms with Crippen LogP contribution < -0.4 is 4.74 Å². The first-order valence-corrected chi connectivity index (χ1v) is 7.48. The number of carbonyl (C=O) groups excluding carboxylic acids is 2. The summed E-state index contributed by atoms with van der Waals surface area (Å²) in [4.78, 5) is 28.5. The van der Waals surface area contributed by atoms with Crippen molar-refractivity contribution in [1.82, 2.24) is 9.80 Å². The molecule has 1 saturated heterocycles. The third-order valence-corrected chi connectivity index (χ3v) is 4.27. The van der Waals surface area contributed by atoms with Gasteiger partial charge >= 0.3 is 0 Å². The van der Waals surface area contributed by atoms with Crippen LogP contribution in [0.3, 0.4) is 0 Å². The van der Waals surface area contributed by atoms with Crippen LogP contribution in [0.15, 0.2) is 18.2 Å². The van der Waals surface area contributed by atoms with Crippen LogP contribution in [-0.2, 0) is 0 Å². The fourth-order valence-corrected chi connectivity index (χ4v) is 3.10. The third kappa shape index (κ3) is 2.53. The van der Waals surface area contributed by atoms with E-state index >= 15 is 0 Å². The number of hydrogen-bond acceptors (Lipinski definition) is 4. The van der Waals surface area contributed by atoms with Crippen LogP contribution in [-0.4, -0.2) is 54.9 Å². The first-order valence-electron chi connectivity index (χ1n) is 7.48. The minimum absolute atomic E-state index is 0.203. The van der Waals surface area contributed by atoms with Crippen LogP contribution >= 0.6 is 0 Å². The number of rotatable bonds is 4. The molecule has 2 heterocycles. The van der Waals surface area contributed by atoms with Gasteiger partial charge in [0.05, 0.1) is 18.2 Å². The first kappa shape index (κ1) is 14.1. The van der Waals surface area contributed by atoms with Crippen molar-refractivity contribution >= 4 is 11.8 Å². The van der Waals surface area contributed by atoms with Crippen LogP contribution in [0.2, 0.25) is 0 Å². The van der Waals surface area contributed by atoms with E-state index in [9.17, 15) is 9.59 Å². The summed E-state index contributed by atoms with van der Waals surface area (Å²) in [5, 5.41) is 0. The zero-order chi connectivity index (χ0) is 14.8. The van der Waals surface area contributed by atoms with E-state index in [1.165, 1.54) is 31.3 Å². The minimum Gasteiger partial charge on any atom is -0.496 e. The second-order valence-electron chi connectivity index (χ2n) is 5.55. The Morgan fingerprint density at radius 1 is 1.05 bits per heavy atom. The summed E-state index contributed by atoms with van der Waals surface area (Å²) in [6.45, 7) is 3.34. The second-order valence-corrected chi connectivity index (χ2v) is 5.55. The third-order valence-electron chi connectivity index (χ3n) is 4.27. The highest BCUT2D eigenvalue weighted by molar-refractivity contribution is 6.22. The molecule has 2 amide bonds. The molecule has 2 aliphatic rings. The van der Waals surface area contributed by atoms with Crippen molar-refractivity contribution in [1.29, 1.82) is 0 Å². The molecule has 0 radical (unpaired) electrons. The maximum atomic E-state index is 12.5. The minimum atomic E-state index is -0.232. The Kier molecular flexibility index (Phi) is 3.92. The van der Waals surface area contributed by atoms with Crippen molar-refractivity contribution in [3.05, 3.63) is 29.3 Å². The van der Waals surface area contributed by atoms with Crippen LogP contribution in [0.4, 0.5) is 0 Å². The molecule has 5 heteroatoms. The van der Waals surface area contributed by atoms with Gasteiger partial charge in [0.25, 0.3) is 11.8 Å². The summed E-state index contributed by atoms with van der Waals surface area (Å²) in [6, 6.07) is 5.16. The Morgan fingerprint density at radius 3 is 2.52 bits per heavy atom. The molecule has 0 aromatic heterocycles. The van der Waals surface area contributed by atoms with Gasteiger partial charge in [-0.3, -0.25) is 14.5 Å². The van der Waals surface area contributed by atoms with Gasteiger partial charge in [0.2, 0.25) is 0 Å². The van der Waals surface area contributed by atoms with Gasteiger partial charge in [0.15, 0.2) is 0 Å². The lowest BCUT2D eigenvalue weighted by Crippen LogP contribution is -2.40. The van der Waals surface area contributed by atoms with Crippen LogP contribution in [0.25, 0.3) is 0 Å². The van der Waals surface area contributed by atoms with E-state index in [0.29, 0.717) is 23.4 Å². The predicted molar refractivity (Wildman–Crippen MR) is 78.7 cm³/mol. The molecule has 0 saturated carbocycles. The van der Waals surface area contributed by atoms with Gasteiger partial charge in [-0.15, -0.1) is 0 Å². The highest BCUT2D eigenvalue weighted by Crippen LogP contribution is 2.30. The van der Waals surface area contributed by atoms with Gasteiger partial charge in [-0.1, -0.05) is 12.5 Å². The summed E-state index contributed by atoms with van der Waals surface area (Å²) in [7, 11) is 1.52. The molecule has 5 nitrogen and oxygen atoms in total.